The van der Waals surface area contributed by atoms with Crippen molar-refractivity contribution in [3.63, 3.8) is 0 Å². The van der Waals surface area contributed by atoms with Crippen LogP contribution in [0.15, 0.2) is 34.1 Å². The standard InChI is InChI=1S/C14H14BrF2NS/c1-2-18-13(8-10-4-6-14(15)19-10)11-5-3-9(16)7-12(11)17/h3-7,13,18H,2,8H2,1H3. The lowest BCUT2D eigenvalue weighted by Crippen LogP contribution is -2.23. The zero-order chi connectivity index (χ0) is 13.8. The van der Waals surface area contributed by atoms with Crippen LogP contribution in [0.3, 0.4) is 0 Å². The first-order valence-electron chi connectivity index (χ1n) is 6.02. The molecule has 0 spiro atoms. The molecular weight excluding hydrogens is 332 g/mol. The van der Waals surface area contributed by atoms with E-state index in [2.05, 4.69) is 21.2 Å². The Kier molecular flexibility index (Phi) is 5.07. The minimum Gasteiger partial charge on any atom is -0.310 e. The van der Waals surface area contributed by atoms with Crippen molar-refractivity contribution in [1.82, 2.24) is 5.32 Å². The summed E-state index contributed by atoms with van der Waals surface area (Å²) in [4.78, 5) is 1.15. The molecule has 1 unspecified atom stereocenters. The maximum absolute atomic E-state index is 13.8. The van der Waals surface area contributed by atoms with Crippen molar-refractivity contribution < 1.29 is 8.78 Å². The van der Waals surface area contributed by atoms with E-state index in [4.69, 9.17) is 0 Å². The Morgan fingerprint density at radius 3 is 2.63 bits per heavy atom. The molecule has 0 aliphatic rings. The summed E-state index contributed by atoms with van der Waals surface area (Å²) in [5.41, 5.74) is 0.507. The molecule has 0 amide bonds. The second kappa shape index (κ2) is 6.59. The number of hydrogen-bond donors (Lipinski definition) is 1. The van der Waals surface area contributed by atoms with Crippen LogP contribution in [0.25, 0.3) is 0 Å². The highest BCUT2D eigenvalue weighted by Gasteiger charge is 2.16. The third kappa shape index (κ3) is 3.84. The number of benzene rings is 1. The Morgan fingerprint density at radius 2 is 2.05 bits per heavy atom. The Hall–Kier alpha value is -0.780. The molecule has 1 nitrogen and oxygen atoms in total. The van der Waals surface area contributed by atoms with Gasteiger partial charge in [-0.25, -0.2) is 8.78 Å². The second-order valence-electron chi connectivity index (χ2n) is 4.19. The van der Waals surface area contributed by atoms with Gasteiger partial charge in [0.1, 0.15) is 11.6 Å². The van der Waals surface area contributed by atoms with Gasteiger partial charge in [0, 0.05) is 29.0 Å². The molecule has 0 saturated carbocycles. The lowest BCUT2D eigenvalue weighted by atomic mass is 10.0. The van der Waals surface area contributed by atoms with Gasteiger partial charge in [0.2, 0.25) is 0 Å². The molecule has 1 N–H and O–H groups in total. The quantitative estimate of drug-likeness (QED) is 0.829. The Balaban J connectivity index is 2.23. The SMILES string of the molecule is CCNC(Cc1ccc(Br)s1)c1ccc(F)cc1F. The first-order chi connectivity index (χ1) is 9.10. The average molecular weight is 346 g/mol. The van der Waals surface area contributed by atoms with Crippen LogP contribution in [0, 0.1) is 11.6 Å². The van der Waals surface area contributed by atoms with Crippen LogP contribution in [0.5, 0.6) is 0 Å². The molecule has 1 aromatic carbocycles. The van der Waals surface area contributed by atoms with Crippen LogP contribution < -0.4 is 5.32 Å². The van der Waals surface area contributed by atoms with Gasteiger partial charge < -0.3 is 5.32 Å². The van der Waals surface area contributed by atoms with Gasteiger partial charge in [0.05, 0.1) is 3.79 Å². The molecule has 102 valence electrons. The van der Waals surface area contributed by atoms with Crippen molar-refractivity contribution >= 4 is 27.3 Å². The molecule has 19 heavy (non-hydrogen) atoms. The predicted molar refractivity (Wildman–Crippen MR) is 78.5 cm³/mol. The van der Waals surface area contributed by atoms with Gasteiger partial charge in [-0.15, -0.1) is 11.3 Å². The fourth-order valence-electron chi connectivity index (χ4n) is 1.99. The molecule has 0 aliphatic carbocycles. The van der Waals surface area contributed by atoms with Crippen molar-refractivity contribution in [2.75, 3.05) is 6.54 Å². The van der Waals surface area contributed by atoms with Crippen LogP contribution in [-0.4, -0.2) is 6.54 Å². The van der Waals surface area contributed by atoms with E-state index in [0.29, 0.717) is 12.0 Å². The summed E-state index contributed by atoms with van der Waals surface area (Å²) in [6.45, 7) is 2.70. The minimum atomic E-state index is -0.546. The molecular formula is C14H14BrF2NS. The number of hydrogen-bond acceptors (Lipinski definition) is 2. The van der Waals surface area contributed by atoms with Crippen LogP contribution >= 0.6 is 27.3 Å². The molecule has 2 rings (SSSR count). The Labute approximate surface area is 123 Å². The Bertz CT molecular complexity index is 556. The molecule has 5 heteroatoms. The summed E-state index contributed by atoms with van der Waals surface area (Å²) in [7, 11) is 0. The van der Waals surface area contributed by atoms with Crippen molar-refractivity contribution in [3.8, 4) is 0 Å². The molecule has 0 saturated heterocycles. The van der Waals surface area contributed by atoms with E-state index in [0.717, 1.165) is 21.3 Å². The highest BCUT2D eigenvalue weighted by atomic mass is 79.9. The van der Waals surface area contributed by atoms with E-state index in [1.54, 1.807) is 11.3 Å². The van der Waals surface area contributed by atoms with Crippen LogP contribution in [0.1, 0.15) is 23.4 Å². The monoisotopic (exact) mass is 345 g/mol. The summed E-state index contributed by atoms with van der Waals surface area (Å²) in [6, 6.07) is 7.60. The lowest BCUT2D eigenvalue weighted by Gasteiger charge is -2.18. The normalized spacial score (nSPS) is 12.6. The number of rotatable bonds is 5. The Morgan fingerprint density at radius 1 is 1.26 bits per heavy atom. The maximum atomic E-state index is 13.8. The predicted octanol–water partition coefficient (Wildman–Crippen LogP) is 4.68. The van der Waals surface area contributed by atoms with E-state index >= 15 is 0 Å². The van der Waals surface area contributed by atoms with E-state index < -0.39 is 11.6 Å². The van der Waals surface area contributed by atoms with Gasteiger partial charge in [-0.3, -0.25) is 0 Å². The van der Waals surface area contributed by atoms with E-state index in [1.807, 2.05) is 19.1 Å². The fraction of sp³-hybridized carbons (Fsp3) is 0.286. The van der Waals surface area contributed by atoms with Crippen molar-refractivity contribution in [3.05, 3.63) is 56.2 Å². The number of nitrogens with one attached hydrogen (secondary N) is 1. The zero-order valence-electron chi connectivity index (χ0n) is 10.4. The van der Waals surface area contributed by atoms with E-state index in [1.165, 1.54) is 12.1 Å². The molecule has 2 aromatic rings. The van der Waals surface area contributed by atoms with Gasteiger partial charge in [0.15, 0.2) is 0 Å². The number of thiophene rings is 1. The summed E-state index contributed by atoms with van der Waals surface area (Å²) in [6.07, 6.45) is 0.687. The smallest absolute Gasteiger partial charge is 0.130 e. The molecule has 0 bridgehead atoms. The highest BCUT2D eigenvalue weighted by Crippen LogP contribution is 2.28. The van der Waals surface area contributed by atoms with Crippen LogP contribution in [-0.2, 0) is 6.42 Å². The molecule has 0 fully saturated rings. The van der Waals surface area contributed by atoms with E-state index in [9.17, 15) is 8.78 Å². The first kappa shape index (κ1) is 14.6. The summed E-state index contributed by atoms with van der Waals surface area (Å²) in [5.74, 6) is -1.04. The number of likely N-dealkylation sites (N-methyl/N-ethyl adjacent to an activating group) is 1. The van der Waals surface area contributed by atoms with Crippen molar-refractivity contribution in [2.24, 2.45) is 0 Å². The molecule has 1 heterocycles. The first-order valence-corrected chi connectivity index (χ1v) is 7.63. The molecule has 1 atom stereocenters. The highest BCUT2D eigenvalue weighted by molar-refractivity contribution is 9.11. The number of halogens is 3. The van der Waals surface area contributed by atoms with Gasteiger partial charge >= 0.3 is 0 Å². The topological polar surface area (TPSA) is 12.0 Å². The van der Waals surface area contributed by atoms with Gasteiger partial charge in [0.25, 0.3) is 0 Å². The zero-order valence-corrected chi connectivity index (χ0v) is 12.8. The van der Waals surface area contributed by atoms with Crippen LogP contribution in [0.4, 0.5) is 8.78 Å². The van der Waals surface area contributed by atoms with Gasteiger partial charge in [-0.05, 0) is 40.7 Å². The van der Waals surface area contributed by atoms with Crippen LogP contribution in [0.2, 0.25) is 0 Å². The molecule has 0 radical (unpaired) electrons. The lowest BCUT2D eigenvalue weighted by molar-refractivity contribution is 0.504. The van der Waals surface area contributed by atoms with Gasteiger partial charge in [-0.1, -0.05) is 13.0 Å². The molecule has 0 aliphatic heterocycles. The molecule has 1 aromatic heterocycles. The largest absolute Gasteiger partial charge is 0.310 e. The van der Waals surface area contributed by atoms with E-state index in [-0.39, 0.29) is 6.04 Å². The summed E-state index contributed by atoms with van der Waals surface area (Å²) in [5, 5.41) is 3.25. The maximum Gasteiger partial charge on any atom is 0.130 e. The second-order valence-corrected chi connectivity index (χ2v) is 6.73. The van der Waals surface area contributed by atoms with Crippen molar-refractivity contribution in [1.29, 1.82) is 0 Å². The average Bonchev–Trinajstić information content (AvgIpc) is 2.74. The third-order valence-corrected chi connectivity index (χ3v) is 4.47. The fourth-order valence-corrected chi connectivity index (χ4v) is 3.51. The van der Waals surface area contributed by atoms with Crippen molar-refractivity contribution in [2.45, 2.75) is 19.4 Å². The minimum absolute atomic E-state index is 0.142. The summed E-state index contributed by atoms with van der Waals surface area (Å²) < 4.78 is 27.9. The van der Waals surface area contributed by atoms with Gasteiger partial charge in [-0.2, -0.15) is 0 Å². The third-order valence-electron chi connectivity index (χ3n) is 2.82. The summed E-state index contributed by atoms with van der Waals surface area (Å²) >= 11 is 5.04.